The van der Waals surface area contributed by atoms with E-state index in [2.05, 4.69) is 9.47 Å². The van der Waals surface area contributed by atoms with Crippen LogP contribution in [0.2, 0.25) is 0 Å². The van der Waals surface area contributed by atoms with Crippen molar-refractivity contribution in [1.29, 1.82) is 0 Å². The van der Waals surface area contributed by atoms with E-state index in [0.717, 1.165) is 112 Å². The lowest BCUT2D eigenvalue weighted by molar-refractivity contribution is -0.157. The zero-order chi connectivity index (χ0) is 104. The number of rotatable bonds is 54. The Labute approximate surface area is 802 Å². The predicted molar refractivity (Wildman–Crippen MR) is 498 cm³/mol. The molecule has 137 heavy (non-hydrogen) atoms. The topological polar surface area (TPSA) is 599 Å². The molecule has 9 N–H and O–H groups in total. The van der Waals surface area contributed by atoms with Crippen molar-refractivity contribution in [1.82, 2.24) is 0 Å². The minimum Gasteiger partial charge on any atom is -0.481 e. The van der Waals surface area contributed by atoms with E-state index in [9.17, 15) is 91.1 Å². The lowest BCUT2D eigenvalue weighted by atomic mass is 9.89. The third-order valence-corrected chi connectivity index (χ3v) is 18.7. The highest BCUT2D eigenvalue weighted by Crippen LogP contribution is 2.27. The molecule has 0 radical (unpaired) electrons. The van der Waals surface area contributed by atoms with Crippen molar-refractivity contribution in [3.8, 4) is 0 Å². The highest BCUT2D eigenvalue weighted by atomic mass is 16.6. The molecule has 2 aliphatic rings. The lowest BCUT2D eigenvalue weighted by Crippen LogP contribution is -2.23. The lowest BCUT2D eigenvalue weighted by Gasteiger charge is -2.19. The first-order chi connectivity index (χ1) is 64.8. The molecule has 0 aromatic heterocycles. The van der Waals surface area contributed by atoms with E-state index in [1.807, 2.05) is 108 Å². The molecule has 2 saturated carbocycles. The number of ether oxygens (including phenoxy) is 10. The number of carbonyl (C=O) groups excluding carboxylic acids is 10. The minimum atomic E-state index is -0.943. The van der Waals surface area contributed by atoms with Gasteiger partial charge < -0.3 is 93.3 Å². The predicted octanol–water partition coefficient (Wildman–Crippen LogP) is 15.9. The summed E-state index contributed by atoms with van der Waals surface area (Å²) in [6.07, 6.45) is 22.0. The van der Waals surface area contributed by atoms with Gasteiger partial charge in [0.05, 0.1) is 94.1 Å². The molecule has 0 heterocycles. The number of hydrogen-bond donors (Lipinski definition) is 9. The molecule has 2 fully saturated rings. The van der Waals surface area contributed by atoms with Gasteiger partial charge in [-0.15, -0.1) is 0 Å². The third kappa shape index (κ3) is 87.2. The van der Waals surface area contributed by atoms with Crippen LogP contribution in [0.3, 0.4) is 0 Å². The molecule has 3 aromatic carbocycles. The van der Waals surface area contributed by atoms with Crippen LogP contribution in [0.4, 0.5) is 0 Å². The molecule has 3 aromatic rings. The second-order valence-corrected chi connectivity index (χ2v) is 32.3. The molecule has 0 saturated heterocycles. The minimum absolute atomic E-state index is 0.00960. The van der Waals surface area contributed by atoms with E-state index in [0.29, 0.717) is 69.8 Å². The Balaban J connectivity index is -0.000000727. The molecular weight excluding hydrogens is 1800 g/mol. The zero-order valence-corrected chi connectivity index (χ0v) is 81.2. The van der Waals surface area contributed by atoms with Crippen molar-refractivity contribution in [2.75, 3.05) is 66.1 Å². The molecule has 0 bridgehead atoms. The molecule has 2 aliphatic carbocycles. The maximum absolute atomic E-state index is 11.6. The fraction of sp³-hybridized carbons (Fsp3) is 0.606. The van der Waals surface area contributed by atoms with Crippen LogP contribution in [-0.2, 0) is 140 Å². The molecule has 0 aliphatic heterocycles. The summed E-state index contributed by atoms with van der Waals surface area (Å²) in [7, 11) is 0. The normalized spacial score (nSPS) is 11.6. The van der Waals surface area contributed by atoms with Crippen molar-refractivity contribution in [2.45, 2.75) is 294 Å². The van der Waals surface area contributed by atoms with Gasteiger partial charge in [-0.1, -0.05) is 150 Å². The van der Waals surface area contributed by atoms with E-state index >= 15 is 0 Å². The van der Waals surface area contributed by atoms with Crippen molar-refractivity contribution in [3.63, 3.8) is 0 Å². The quantitative estimate of drug-likeness (QED) is 0.0110. The summed E-state index contributed by atoms with van der Waals surface area (Å²) in [5.74, 6) is -11.1. The van der Waals surface area contributed by atoms with Gasteiger partial charge in [-0.25, -0.2) is 14.4 Å². The fourth-order valence-corrected chi connectivity index (χ4v) is 11.6. The first kappa shape index (κ1) is 131. The van der Waals surface area contributed by atoms with Gasteiger partial charge in [-0.05, 0) is 180 Å². The van der Waals surface area contributed by atoms with Crippen LogP contribution in [0.25, 0.3) is 6.08 Å². The van der Waals surface area contributed by atoms with E-state index < -0.39 is 89.6 Å². The number of aliphatic carboxylic acids is 9. The standard InChI is InChI=1S/2C13H16O4.C13H14O4.C12H22O4.C11H18O4.C10H16O4.C10H18O4.C9H16O4.C8H12O6/c1-9-6-10(2)8-11(7-9)13(16)17-5-3-4-12(14)15;2*14-12(15)7-4-10-17-13(16)9-8-11-5-2-1-3-6-11;1-3-6-10(7-4-2)12(15)16-9-5-8-11(13)14;12-10(13)7-4-8-15-11(14)9-5-2-1-3-6-9;11-9(12)6-3-7-14-10(13)8-4-1-2-5-8;1-3-8(4-2)10(13)14-7-5-6-9(11)12;1-9(2,3)8(12)13-6-4-5-7(10)11;1-6(9)14-5-8(12)13-4-2-3-7(10)11/h6-8H,3-5H2,1-2H3,(H,14,15);1-3,5-6H,4,7-10H2,(H,14,15);1-3,5-6,8-9H,4,7,10H2,(H,14,15);10H,3-9H2,1-2H3,(H,13,14);9H,1-8H2,(H,12,13);8H,1-7H2,(H,11,12);8H,3-7H2,1-2H3,(H,11,12);4-6H2,1-3H3,(H,10,11);2-5H2,1H3,(H,10,11)/b;;9-8+;;;;;;. The van der Waals surface area contributed by atoms with Gasteiger partial charge in [-0.3, -0.25) is 76.7 Å². The molecule has 0 spiro atoms. The second kappa shape index (κ2) is 85.0. The summed E-state index contributed by atoms with van der Waals surface area (Å²) in [5.41, 5.74) is 4.01. The number of carboxylic acids is 9. The van der Waals surface area contributed by atoms with E-state index in [1.165, 1.54) is 19.4 Å². The highest BCUT2D eigenvalue weighted by molar-refractivity contribution is 5.90. The average Bonchev–Trinajstić information content (AvgIpc) is 1.30. The molecule has 0 unspecified atom stereocenters. The monoisotopic (exact) mass is 1940 g/mol. The van der Waals surface area contributed by atoms with Crippen molar-refractivity contribution >= 4 is 119 Å². The molecule has 0 atom stereocenters. The molecule has 5 rings (SSSR count). The highest BCUT2D eigenvalue weighted by Gasteiger charge is 2.26. The Kier molecular flexibility index (Phi) is 81.1. The molecule has 0 amide bonds. The van der Waals surface area contributed by atoms with Crippen LogP contribution in [0, 0.1) is 42.9 Å². The van der Waals surface area contributed by atoms with Crippen LogP contribution in [-0.4, -0.2) is 225 Å². The summed E-state index contributed by atoms with van der Waals surface area (Å²) in [5, 5.41) is 75.2. The Morgan fingerprint density at radius 1 is 0.365 bits per heavy atom. The van der Waals surface area contributed by atoms with Gasteiger partial charge in [0.25, 0.3) is 0 Å². The number of hydrogen-bond acceptors (Lipinski definition) is 29. The molecular formula is C99H148O38. The van der Waals surface area contributed by atoms with Crippen LogP contribution >= 0.6 is 0 Å². The van der Waals surface area contributed by atoms with Crippen LogP contribution in [0.1, 0.15) is 306 Å². The number of esters is 10. The van der Waals surface area contributed by atoms with Gasteiger partial charge in [0.1, 0.15) is 0 Å². The van der Waals surface area contributed by atoms with E-state index in [4.69, 9.17) is 83.9 Å². The summed E-state index contributed by atoms with van der Waals surface area (Å²) in [4.78, 5) is 204. The van der Waals surface area contributed by atoms with Crippen LogP contribution < -0.4 is 0 Å². The largest absolute Gasteiger partial charge is 0.481 e. The first-order valence-corrected chi connectivity index (χ1v) is 46.3. The van der Waals surface area contributed by atoms with Gasteiger partial charge in [0.2, 0.25) is 0 Å². The van der Waals surface area contributed by atoms with Crippen molar-refractivity contribution < 1.29 is 184 Å². The fourth-order valence-electron chi connectivity index (χ4n) is 11.6. The van der Waals surface area contributed by atoms with Gasteiger partial charge in [-0.2, -0.15) is 0 Å². The number of aryl methyl sites for hydroxylation is 3. The molecule has 772 valence electrons. The van der Waals surface area contributed by atoms with Crippen LogP contribution in [0.15, 0.2) is 84.9 Å². The average molecular weight is 1950 g/mol. The Bertz CT molecular complexity index is 3940. The van der Waals surface area contributed by atoms with Crippen molar-refractivity contribution in [3.05, 3.63) is 113 Å². The number of benzene rings is 3. The number of carbonyl (C=O) groups is 19. The Morgan fingerprint density at radius 2 is 0.686 bits per heavy atom. The van der Waals surface area contributed by atoms with Crippen molar-refractivity contribution in [2.24, 2.45) is 29.1 Å². The molecule has 38 nitrogen and oxygen atoms in total. The SMILES string of the molecule is CC(=O)OCC(=O)OCCCC(=O)O.CC(C)(C)C(=O)OCCCC(=O)O.CCC(CC)C(=O)OCCCC(=O)O.CCCC(CCC)C(=O)OCCCC(=O)O.Cc1cc(C)cc(C(=O)OCCCC(=O)O)c1.O=C(O)CCCOC(=O)/C=C/c1ccccc1.O=C(O)CCCOC(=O)C1CCCC1.O=C(O)CCCOC(=O)C1CCCCC1.O=C(O)CCCOC(=O)CCc1ccccc1. The van der Waals surface area contributed by atoms with Gasteiger partial charge in [0, 0.05) is 77.2 Å². The summed E-state index contributed by atoms with van der Waals surface area (Å²) >= 11 is 0. The number of carboxylic acid groups (broad SMARTS) is 9. The summed E-state index contributed by atoms with van der Waals surface area (Å²) in [6.45, 7) is 19.4. The zero-order valence-electron chi connectivity index (χ0n) is 81.2. The third-order valence-electron chi connectivity index (χ3n) is 18.7. The Hall–Kier alpha value is -12.7. The summed E-state index contributed by atoms with van der Waals surface area (Å²) in [6, 6.07) is 24.5. The Morgan fingerprint density at radius 3 is 1.04 bits per heavy atom. The van der Waals surface area contributed by atoms with E-state index in [-0.39, 0.29) is 183 Å². The maximum Gasteiger partial charge on any atom is 0.344 e. The molecule has 38 heteroatoms. The van der Waals surface area contributed by atoms with Crippen LogP contribution in [0.5, 0.6) is 0 Å². The van der Waals surface area contributed by atoms with Gasteiger partial charge >= 0.3 is 113 Å². The summed E-state index contributed by atoms with van der Waals surface area (Å²) < 4.78 is 48.5. The smallest absolute Gasteiger partial charge is 0.344 e. The van der Waals surface area contributed by atoms with Gasteiger partial charge in [0.15, 0.2) is 6.61 Å². The first-order valence-electron chi connectivity index (χ1n) is 46.3. The maximum atomic E-state index is 11.6. The van der Waals surface area contributed by atoms with E-state index in [1.54, 1.807) is 39.0 Å². The second-order valence-electron chi connectivity index (χ2n) is 32.3.